The smallest absolute Gasteiger partial charge is 0.275 e. The van der Waals surface area contributed by atoms with Gasteiger partial charge in [0.05, 0.1) is 15.4 Å². The van der Waals surface area contributed by atoms with E-state index in [0.29, 0.717) is 0 Å². The van der Waals surface area contributed by atoms with Gasteiger partial charge >= 0.3 is 0 Å². The van der Waals surface area contributed by atoms with Gasteiger partial charge in [-0.3, -0.25) is 5.10 Å². The van der Waals surface area contributed by atoms with Crippen molar-refractivity contribution in [1.29, 1.82) is 0 Å². The number of alkyl halides is 2. The Balaban J connectivity index is 2.82. The Bertz CT molecular complexity index is 481. The maximum Gasteiger partial charge on any atom is 0.280 e. The molecule has 0 aliphatic rings. The molecule has 2 nitrogen and oxygen atoms in total. The van der Waals surface area contributed by atoms with E-state index in [-0.39, 0.29) is 15.4 Å². The normalized spacial score (nSPS) is 11.5. The van der Waals surface area contributed by atoms with Gasteiger partial charge in [0, 0.05) is 0 Å². The molecule has 0 spiro atoms. The fraction of sp³-hybridized carbons (Fsp3) is 0.125. The Morgan fingerprint density at radius 1 is 1.36 bits per heavy atom. The lowest BCUT2D eigenvalue weighted by Gasteiger charge is -1.98. The first-order valence-corrected chi connectivity index (χ1v) is 4.50. The van der Waals surface area contributed by atoms with Gasteiger partial charge in [-0.1, -0.05) is 0 Å². The van der Waals surface area contributed by atoms with Crippen molar-refractivity contribution >= 4 is 26.8 Å². The van der Waals surface area contributed by atoms with E-state index in [0.717, 1.165) is 0 Å². The number of nitrogens with one attached hydrogen (secondary N) is 1. The summed E-state index contributed by atoms with van der Waals surface area (Å²) >= 11 is 2.92. The molecule has 0 atom stereocenters. The molecule has 2 aromatic rings. The minimum atomic E-state index is -2.76. The molecule has 0 saturated carbocycles. The average molecular weight is 265 g/mol. The zero-order chi connectivity index (χ0) is 10.3. The van der Waals surface area contributed by atoms with E-state index in [2.05, 4.69) is 26.1 Å². The lowest BCUT2D eigenvalue weighted by molar-refractivity contribution is 0.147. The molecule has 1 N–H and O–H groups in total. The molecule has 0 unspecified atom stereocenters. The zero-order valence-corrected chi connectivity index (χ0v) is 8.28. The lowest BCUT2D eigenvalue weighted by atomic mass is 10.2. The molecule has 14 heavy (non-hydrogen) atoms. The third-order valence-electron chi connectivity index (χ3n) is 1.86. The van der Waals surface area contributed by atoms with Crippen molar-refractivity contribution < 1.29 is 13.2 Å². The highest BCUT2D eigenvalue weighted by atomic mass is 79.9. The number of fused-ring (bicyclic) bond motifs is 1. The van der Waals surface area contributed by atoms with Gasteiger partial charge in [0.15, 0.2) is 0 Å². The molecule has 0 amide bonds. The van der Waals surface area contributed by atoms with Crippen molar-refractivity contribution in [2.24, 2.45) is 0 Å². The molecule has 1 aromatic carbocycles. The third-order valence-corrected chi connectivity index (χ3v) is 2.47. The van der Waals surface area contributed by atoms with Crippen molar-refractivity contribution in [2.75, 3.05) is 0 Å². The van der Waals surface area contributed by atoms with E-state index < -0.39 is 17.9 Å². The highest BCUT2D eigenvalue weighted by Gasteiger charge is 2.19. The summed E-state index contributed by atoms with van der Waals surface area (Å²) in [4.78, 5) is 0. The summed E-state index contributed by atoms with van der Waals surface area (Å²) in [5, 5.41) is 5.54. The van der Waals surface area contributed by atoms with Crippen LogP contribution in [0.15, 0.2) is 16.6 Å². The number of rotatable bonds is 1. The number of H-pyrrole nitrogens is 1. The number of nitrogens with zero attached hydrogens (tertiary/aromatic N) is 1. The van der Waals surface area contributed by atoms with Crippen molar-refractivity contribution in [3.8, 4) is 0 Å². The number of hydrogen-bond donors (Lipinski definition) is 1. The van der Waals surface area contributed by atoms with Gasteiger partial charge in [0.1, 0.15) is 11.5 Å². The van der Waals surface area contributed by atoms with E-state index in [1.165, 1.54) is 12.1 Å². The molecular weight excluding hydrogens is 261 g/mol. The summed E-state index contributed by atoms with van der Waals surface area (Å²) in [5.74, 6) is -0.716. The first-order valence-electron chi connectivity index (χ1n) is 3.71. The number of benzene rings is 1. The fourth-order valence-corrected chi connectivity index (χ4v) is 1.55. The number of hydrogen-bond acceptors (Lipinski definition) is 1. The van der Waals surface area contributed by atoms with Gasteiger partial charge in [0.2, 0.25) is 0 Å². The average Bonchev–Trinajstić information content (AvgIpc) is 2.55. The minimum Gasteiger partial charge on any atom is -0.275 e. The van der Waals surface area contributed by atoms with E-state index in [9.17, 15) is 13.2 Å². The lowest BCUT2D eigenvalue weighted by Crippen LogP contribution is -1.87. The molecule has 1 aromatic heterocycles. The van der Waals surface area contributed by atoms with Crippen LogP contribution in [0.1, 0.15) is 12.1 Å². The van der Waals surface area contributed by atoms with E-state index in [1.54, 1.807) is 0 Å². The standard InChI is InChI=1S/C8H4BrF3N2/c9-3-1-2-4-5(6(3)10)7(8(11)12)14-13-4/h1-2,8H,(H,13,14). The highest BCUT2D eigenvalue weighted by molar-refractivity contribution is 9.10. The second kappa shape index (κ2) is 3.27. The molecule has 0 radical (unpaired) electrons. The molecule has 74 valence electrons. The van der Waals surface area contributed by atoms with Crippen LogP contribution in [-0.2, 0) is 0 Å². The van der Waals surface area contributed by atoms with Crippen molar-refractivity contribution in [3.05, 3.63) is 28.1 Å². The van der Waals surface area contributed by atoms with Crippen LogP contribution in [0.3, 0.4) is 0 Å². The van der Waals surface area contributed by atoms with Crippen LogP contribution in [0.5, 0.6) is 0 Å². The summed E-state index contributed by atoms with van der Waals surface area (Å²) in [6.07, 6.45) is -2.76. The van der Waals surface area contributed by atoms with Gasteiger partial charge in [-0.15, -0.1) is 0 Å². The Kier molecular flexibility index (Phi) is 2.22. The summed E-state index contributed by atoms with van der Waals surface area (Å²) in [5.41, 5.74) is -0.292. The van der Waals surface area contributed by atoms with Crippen LogP contribution in [-0.4, -0.2) is 10.2 Å². The molecule has 0 aliphatic carbocycles. The molecule has 1 heterocycles. The zero-order valence-electron chi connectivity index (χ0n) is 6.69. The predicted octanol–water partition coefficient (Wildman–Crippen LogP) is 3.40. The Morgan fingerprint density at radius 2 is 2.07 bits per heavy atom. The molecule has 2 rings (SSSR count). The van der Waals surface area contributed by atoms with Crippen molar-refractivity contribution in [2.45, 2.75) is 6.43 Å². The topological polar surface area (TPSA) is 28.7 Å². The van der Waals surface area contributed by atoms with Gasteiger partial charge in [-0.25, -0.2) is 13.2 Å². The van der Waals surface area contributed by atoms with Gasteiger partial charge in [-0.05, 0) is 28.1 Å². The van der Waals surface area contributed by atoms with Crippen LogP contribution in [0.4, 0.5) is 13.2 Å². The molecule has 0 bridgehead atoms. The number of aromatic nitrogens is 2. The van der Waals surface area contributed by atoms with Crippen LogP contribution in [0.2, 0.25) is 0 Å². The van der Waals surface area contributed by atoms with E-state index in [1.807, 2.05) is 0 Å². The SMILES string of the molecule is Fc1c(Br)ccc2n[nH]c(C(F)F)c12. The van der Waals surface area contributed by atoms with Crippen LogP contribution in [0.25, 0.3) is 10.9 Å². The maximum atomic E-state index is 13.4. The summed E-state index contributed by atoms with van der Waals surface area (Å²) < 4.78 is 38.3. The van der Waals surface area contributed by atoms with Crippen LogP contribution >= 0.6 is 15.9 Å². The van der Waals surface area contributed by atoms with Crippen LogP contribution < -0.4 is 0 Å². The van der Waals surface area contributed by atoms with Gasteiger partial charge < -0.3 is 0 Å². The highest BCUT2D eigenvalue weighted by Crippen LogP contribution is 2.30. The molecule has 0 saturated heterocycles. The molecule has 0 aliphatic heterocycles. The first-order chi connectivity index (χ1) is 6.61. The predicted molar refractivity (Wildman–Crippen MR) is 48.7 cm³/mol. The second-order valence-electron chi connectivity index (χ2n) is 2.69. The van der Waals surface area contributed by atoms with E-state index in [4.69, 9.17) is 0 Å². The largest absolute Gasteiger partial charge is 0.280 e. The molecular formula is C8H4BrF3N2. The summed E-state index contributed by atoms with van der Waals surface area (Å²) in [6.45, 7) is 0. The summed E-state index contributed by atoms with van der Waals surface area (Å²) in [6, 6.07) is 2.89. The quantitative estimate of drug-likeness (QED) is 0.841. The van der Waals surface area contributed by atoms with Crippen molar-refractivity contribution in [1.82, 2.24) is 10.2 Å². The van der Waals surface area contributed by atoms with E-state index >= 15 is 0 Å². The third kappa shape index (κ3) is 1.30. The Labute approximate surface area is 85.2 Å². The first kappa shape index (κ1) is 9.51. The molecule has 6 heteroatoms. The fourth-order valence-electron chi connectivity index (χ4n) is 1.22. The summed E-state index contributed by atoms with van der Waals surface area (Å²) in [7, 11) is 0. The van der Waals surface area contributed by atoms with Gasteiger partial charge in [0.25, 0.3) is 6.43 Å². The maximum absolute atomic E-state index is 13.4. The van der Waals surface area contributed by atoms with Gasteiger partial charge in [-0.2, -0.15) is 5.10 Å². The second-order valence-corrected chi connectivity index (χ2v) is 3.55. The number of halogens is 4. The Hall–Kier alpha value is -1.04. The minimum absolute atomic E-state index is 0.147. The van der Waals surface area contributed by atoms with Crippen LogP contribution in [0, 0.1) is 5.82 Å². The monoisotopic (exact) mass is 264 g/mol. The molecule has 0 fully saturated rings. The Morgan fingerprint density at radius 3 is 2.71 bits per heavy atom. The van der Waals surface area contributed by atoms with Crippen molar-refractivity contribution in [3.63, 3.8) is 0 Å². The number of aromatic amines is 1.